The van der Waals surface area contributed by atoms with Gasteiger partial charge >= 0.3 is 5.97 Å². The van der Waals surface area contributed by atoms with Gasteiger partial charge in [0.2, 0.25) is 0 Å². The lowest BCUT2D eigenvalue weighted by molar-refractivity contribution is -0.130. The SMILES string of the molecule is CCN(CC)c1ccc(/C=C2\C=C(c3ccc(OC)cc3)OC2=O)c(OC)c1. The molecule has 0 atom stereocenters. The lowest BCUT2D eigenvalue weighted by atomic mass is 10.1. The molecule has 0 amide bonds. The molecule has 0 unspecified atom stereocenters. The molecule has 3 rings (SSSR count). The highest BCUT2D eigenvalue weighted by atomic mass is 16.5. The van der Waals surface area contributed by atoms with Crippen LogP contribution in [0.4, 0.5) is 5.69 Å². The van der Waals surface area contributed by atoms with Crippen molar-refractivity contribution >= 4 is 23.5 Å². The van der Waals surface area contributed by atoms with Gasteiger partial charge in [-0.15, -0.1) is 0 Å². The van der Waals surface area contributed by atoms with Crippen molar-refractivity contribution < 1.29 is 19.0 Å². The summed E-state index contributed by atoms with van der Waals surface area (Å²) in [4.78, 5) is 14.6. The van der Waals surface area contributed by atoms with Crippen molar-refractivity contribution in [2.45, 2.75) is 13.8 Å². The molecule has 2 aromatic carbocycles. The normalized spacial score (nSPS) is 14.6. The number of carbonyl (C=O) groups excluding carboxylic acids is 1. The highest BCUT2D eigenvalue weighted by Crippen LogP contribution is 2.32. The monoisotopic (exact) mass is 379 g/mol. The first-order valence-electron chi connectivity index (χ1n) is 9.32. The number of hydrogen-bond donors (Lipinski definition) is 0. The van der Waals surface area contributed by atoms with Gasteiger partial charge in [-0.3, -0.25) is 0 Å². The number of nitrogens with zero attached hydrogens (tertiary/aromatic N) is 1. The van der Waals surface area contributed by atoms with E-state index in [0.29, 0.717) is 11.3 Å². The summed E-state index contributed by atoms with van der Waals surface area (Å²) in [6.45, 7) is 6.07. The Hall–Kier alpha value is -3.21. The van der Waals surface area contributed by atoms with Crippen LogP contribution in [0.15, 0.2) is 54.1 Å². The predicted molar refractivity (Wildman–Crippen MR) is 112 cm³/mol. The van der Waals surface area contributed by atoms with Crippen LogP contribution in [0.3, 0.4) is 0 Å². The van der Waals surface area contributed by atoms with Gasteiger partial charge in [0.1, 0.15) is 17.3 Å². The van der Waals surface area contributed by atoms with Crippen LogP contribution in [0.2, 0.25) is 0 Å². The number of carbonyl (C=O) groups is 1. The van der Waals surface area contributed by atoms with Crippen molar-refractivity contribution in [1.82, 2.24) is 0 Å². The van der Waals surface area contributed by atoms with Gasteiger partial charge in [0.15, 0.2) is 0 Å². The molecule has 1 aliphatic heterocycles. The fourth-order valence-corrected chi connectivity index (χ4v) is 3.16. The molecule has 2 aromatic rings. The smallest absolute Gasteiger partial charge is 0.343 e. The molecule has 0 spiro atoms. The van der Waals surface area contributed by atoms with E-state index in [4.69, 9.17) is 14.2 Å². The van der Waals surface area contributed by atoms with Crippen LogP contribution in [0.5, 0.6) is 11.5 Å². The van der Waals surface area contributed by atoms with E-state index in [9.17, 15) is 4.79 Å². The molecule has 1 heterocycles. The third-order valence-electron chi connectivity index (χ3n) is 4.76. The molecule has 0 aromatic heterocycles. The Morgan fingerprint density at radius 3 is 2.32 bits per heavy atom. The summed E-state index contributed by atoms with van der Waals surface area (Å²) >= 11 is 0. The second kappa shape index (κ2) is 8.65. The van der Waals surface area contributed by atoms with Crippen molar-refractivity contribution in [3.8, 4) is 11.5 Å². The lowest BCUT2D eigenvalue weighted by Crippen LogP contribution is -2.21. The largest absolute Gasteiger partial charge is 0.497 e. The summed E-state index contributed by atoms with van der Waals surface area (Å²) in [5.41, 5.74) is 3.23. The second-order valence-corrected chi connectivity index (χ2v) is 6.32. The summed E-state index contributed by atoms with van der Waals surface area (Å²) < 4.78 is 16.2. The summed E-state index contributed by atoms with van der Waals surface area (Å²) in [7, 11) is 3.25. The summed E-state index contributed by atoms with van der Waals surface area (Å²) in [6, 6.07) is 13.4. The third kappa shape index (κ3) is 4.03. The van der Waals surface area contributed by atoms with Gasteiger partial charge in [0.25, 0.3) is 0 Å². The zero-order valence-corrected chi connectivity index (χ0v) is 16.7. The van der Waals surface area contributed by atoms with E-state index in [1.807, 2.05) is 42.5 Å². The molecule has 5 nitrogen and oxygen atoms in total. The van der Waals surface area contributed by atoms with Crippen molar-refractivity contribution in [1.29, 1.82) is 0 Å². The number of esters is 1. The Labute approximate surface area is 165 Å². The molecule has 0 aliphatic carbocycles. The van der Waals surface area contributed by atoms with Gasteiger partial charge in [-0.25, -0.2) is 4.79 Å². The number of anilines is 1. The van der Waals surface area contributed by atoms with Crippen LogP contribution in [0.1, 0.15) is 25.0 Å². The summed E-state index contributed by atoms with van der Waals surface area (Å²) in [6.07, 6.45) is 3.55. The number of benzene rings is 2. The number of cyclic esters (lactones) is 1. The number of hydrogen-bond acceptors (Lipinski definition) is 5. The second-order valence-electron chi connectivity index (χ2n) is 6.32. The van der Waals surface area contributed by atoms with Crippen LogP contribution < -0.4 is 14.4 Å². The average molecular weight is 379 g/mol. The molecule has 0 fully saturated rings. The molecule has 5 heteroatoms. The first kappa shape index (κ1) is 19.5. The Kier molecular flexibility index (Phi) is 6.04. The van der Waals surface area contributed by atoms with E-state index in [-0.39, 0.29) is 5.97 Å². The third-order valence-corrected chi connectivity index (χ3v) is 4.76. The standard InChI is InChI=1S/C23H25NO4/c1-5-24(6-2)19-10-7-17(21(15-19)27-4)13-18-14-22(28-23(18)25)16-8-11-20(26-3)12-9-16/h7-15H,5-6H2,1-4H3/b18-13+. The summed E-state index contributed by atoms with van der Waals surface area (Å²) in [5, 5.41) is 0. The van der Waals surface area contributed by atoms with E-state index >= 15 is 0 Å². The van der Waals surface area contributed by atoms with Gasteiger partial charge in [0.05, 0.1) is 19.8 Å². The van der Waals surface area contributed by atoms with Crippen molar-refractivity contribution in [3.63, 3.8) is 0 Å². The first-order valence-corrected chi connectivity index (χ1v) is 9.32. The maximum absolute atomic E-state index is 12.3. The summed E-state index contributed by atoms with van der Waals surface area (Å²) in [5.74, 6) is 1.62. The minimum Gasteiger partial charge on any atom is -0.497 e. The topological polar surface area (TPSA) is 48.0 Å². The quantitative estimate of drug-likeness (QED) is 0.522. The number of methoxy groups -OCH3 is 2. The Balaban J connectivity index is 1.91. The Morgan fingerprint density at radius 2 is 1.71 bits per heavy atom. The van der Waals surface area contributed by atoms with Gasteiger partial charge in [-0.1, -0.05) is 0 Å². The number of rotatable bonds is 7. The molecular formula is C23H25NO4. The van der Waals surface area contributed by atoms with Gasteiger partial charge in [-0.05, 0) is 62.4 Å². The van der Waals surface area contributed by atoms with Gasteiger partial charge < -0.3 is 19.1 Å². The average Bonchev–Trinajstić information content (AvgIpc) is 3.10. The van der Waals surface area contributed by atoms with E-state index in [2.05, 4.69) is 18.7 Å². The van der Waals surface area contributed by atoms with E-state index in [1.165, 1.54) is 0 Å². The molecule has 28 heavy (non-hydrogen) atoms. The van der Waals surface area contributed by atoms with E-state index < -0.39 is 0 Å². The van der Waals surface area contributed by atoms with Crippen LogP contribution in [-0.4, -0.2) is 33.3 Å². The zero-order chi connectivity index (χ0) is 20.1. The Bertz CT molecular complexity index is 909. The van der Waals surface area contributed by atoms with E-state index in [0.717, 1.165) is 41.4 Å². The predicted octanol–water partition coefficient (Wildman–Crippen LogP) is 4.53. The number of ether oxygens (including phenoxy) is 3. The lowest BCUT2D eigenvalue weighted by Gasteiger charge is -2.22. The molecule has 0 saturated carbocycles. The van der Waals surface area contributed by atoms with Gasteiger partial charge in [-0.2, -0.15) is 0 Å². The molecule has 0 N–H and O–H groups in total. The molecule has 0 radical (unpaired) electrons. The maximum atomic E-state index is 12.3. The molecule has 0 saturated heterocycles. The first-order chi connectivity index (χ1) is 13.6. The molecule has 0 bridgehead atoms. The Morgan fingerprint density at radius 1 is 1.00 bits per heavy atom. The minimum atomic E-state index is -0.374. The minimum absolute atomic E-state index is 0.374. The highest BCUT2D eigenvalue weighted by molar-refractivity contribution is 6.05. The molecule has 1 aliphatic rings. The van der Waals surface area contributed by atoms with Gasteiger partial charge in [0, 0.05) is 36.0 Å². The molecular weight excluding hydrogens is 354 g/mol. The van der Waals surface area contributed by atoms with Crippen molar-refractivity contribution in [2.75, 3.05) is 32.2 Å². The van der Waals surface area contributed by atoms with Crippen LogP contribution >= 0.6 is 0 Å². The van der Waals surface area contributed by atoms with Crippen LogP contribution in [0.25, 0.3) is 11.8 Å². The molecule has 146 valence electrons. The fraction of sp³-hybridized carbons (Fsp3) is 0.261. The van der Waals surface area contributed by atoms with E-state index in [1.54, 1.807) is 26.4 Å². The van der Waals surface area contributed by atoms with Crippen molar-refractivity contribution in [2.24, 2.45) is 0 Å². The van der Waals surface area contributed by atoms with Crippen LogP contribution in [0, 0.1) is 0 Å². The fourth-order valence-electron chi connectivity index (χ4n) is 3.16. The van der Waals surface area contributed by atoms with Crippen LogP contribution in [-0.2, 0) is 9.53 Å². The highest BCUT2D eigenvalue weighted by Gasteiger charge is 2.22. The zero-order valence-electron chi connectivity index (χ0n) is 16.7. The maximum Gasteiger partial charge on any atom is 0.343 e. The van der Waals surface area contributed by atoms with Crippen molar-refractivity contribution in [3.05, 3.63) is 65.2 Å².